The second-order valence-electron chi connectivity index (χ2n) is 2.77. The highest BCUT2D eigenvalue weighted by molar-refractivity contribution is 4.88. The highest BCUT2D eigenvalue weighted by atomic mass is 16.6. The molecule has 6 heteroatoms. The fourth-order valence-corrected chi connectivity index (χ4v) is 1.13. The first-order chi connectivity index (χ1) is 5.57. The Bertz CT molecular complexity index is 150. The summed E-state index contributed by atoms with van der Waals surface area (Å²) in [5, 5.41) is 36.3. The fraction of sp³-hybridized carbons (Fsp3) is 1.00. The van der Waals surface area contributed by atoms with E-state index < -0.39 is 30.7 Å². The minimum absolute atomic E-state index is 0.0258. The van der Waals surface area contributed by atoms with Gasteiger partial charge in [0.2, 0.25) is 0 Å². The maximum absolute atomic E-state index is 9.20. The van der Waals surface area contributed by atoms with Gasteiger partial charge in [-0.05, 0) is 0 Å². The van der Waals surface area contributed by atoms with Crippen LogP contribution in [0.5, 0.6) is 0 Å². The van der Waals surface area contributed by atoms with Gasteiger partial charge in [-0.2, -0.15) is 0 Å². The number of hydrogen-bond donors (Lipinski definition) is 5. The molecule has 0 aromatic carbocycles. The molecule has 6 N–H and O–H groups in total. The Balaban J connectivity index is 2.63. The van der Waals surface area contributed by atoms with Crippen LogP contribution in [0, 0.1) is 0 Å². The fourth-order valence-electron chi connectivity index (χ4n) is 1.13. The summed E-state index contributed by atoms with van der Waals surface area (Å²) in [6.07, 6.45) is -6.48. The van der Waals surface area contributed by atoms with Crippen LogP contribution in [-0.2, 0) is 4.74 Å². The maximum Gasteiger partial charge on any atom is 0.184 e. The summed E-state index contributed by atoms with van der Waals surface area (Å²) < 4.78 is 4.70. The smallest absolute Gasteiger partial charge is 0.184 e. The van der Waals surface area contributed by atoms with Gasteiger partial charge in [0.1, 0.15) is 24.4 Å². The molecule has 1 heterocycles. The number of ether oxygens (including phenoxy) is 1. The van der Waals surface area contributed by atoms with E-state index in [1.807, 2.05) is 0 Å². The summed E-state index contributed by atoms with van der Waals surface area (Å²) in [6, 6.07) is 0. The van der Waals surface area contributed by atoms with E-state index in [-0.39, 0.29) is 6.54 Å². The minimum Gasteiger partial charge on any atom is -0.388 e. The van der Waals surface area contributed by atoms with E-state index in [0.717, 1.165) is 0 Å². The van der Waals surface area contributed by atoms with Gasteiger partial charge in [0.05, 0.1) is 0 Å². The molecule has 0 amide bonds. The molecule has 1 aliphatic heterocycles. The van der Waals surface area contributed by atoms with Crippen LogP contribution in [0.2, 0.25) is 0 Å². The molecular formula is C6H13NO5. The molecule has 1 saturated heterocycles. The topological polar surface area (TPSA) is 116 Å². The van der Waals surface area contributed by atoms with Gasteiger partial charge >= 0.3 is 0 Å². The Morgan fingerprint density at radius 3 is 2.08 bits per heavy atom. The Morgan fingerprint density at radius 1 is 1.00 bits per heavy atom. The van der Waals surface area contributed by atoms with Crippen LogP contribution in [0.1, 0.15) is 0 Å². The molecule has 1 rings (SSSR count). The van der Waals surface area contributed by atoms with E-state index >= 15 is 0 Å². The van der Waals surface area contributed by atoms with Crippen LogP contribution in [-0.4, -0.2) is 57.7 Å². The molecule has 0 aliphatic carbocycles. The van der Waals surface area contributed by atoms with E-state index in [1.165, 1.54) is 0 Å². The van der Waals surface area contributed by atoms with Gasteiger partial charge in [0.15, 0.2) is 6.29 Å². The summed E-state index contributed by atoms with van der Waals surface area (Å²) in [5.74, 6) is 0. The van der Waals surface area contributed by atoms with Crippen LogP contribution in [0.4, 0.5) is 0 Å². The number of nitrogens with two attached hydrogens (primary N) is 1. The molecule has 2 unspecified atom stereocenters. The zero-order chi connectivity index (χ0) is 9.30. The molecule has 0 radical (unpaired) electrons. The molecule has 0 aromatic heterocycles. The quantitative estimate of drug-likeness (QED) is 0.288. The SMILES string of the molecule is NC[C@@H]1O[C@@H](O)C(O)[C@H](O)C1O. The van der Waals surface area contributed by atoms with Crippen molar-refractivity contribution >= 4 is 0 Å². The second-order valence-corrected chi connectivity index (χ2v) is 2.77. The van der Waals surface area contributed by atoms with Gasteiger partial charge in [-0.15, -0.1) is 0 Å². The number of aliphatic hydroxyl groups excluding tert-OH is 4. The molecule has 0 saturated carbocycles. The van der Waals surface area contributed by atoms with Crippen molar-refractivity contribution in [2.24, 2.45) is 5.73 Å². The predicted octanol–water partition coefficient (Wildman–Crippen LogP) is -3.25. The zero-order valence-corrected chi connectivity index (χ0v) is 6.37. The average Bonchev–Trinajstić information content (AvgIpc) is 2.08. The van der Waals surface area contributed by atoms with E-state index in [0.29, 0.717) is 0 Å². The molecule has 6 nitrogen and oxygen atoms in total. The van der Waals surface area contributed by atoms with E-state index in [1.54, 1.807) is 0 Å². The Kier molecular flexibility index (Phi) is 2.99. The Hall–Kier alpha value is -0.240. The number of hydrogen-bond acceptors (Lipinski definition) is 6. The van der Waals surface area contributed by atoms with Crippen LogP contribution >= 0.6 is 0 Å². The lowest BCUT2D eigenvalue weighted by molar-refractivity contribution is -0.279. The van der Waals surface area contributed by atoms with Crippen LogP contribution in [0.25, 0.3) is 0 Å². The molecule has 0 bridgehead atoms. The zero-order valence-electron chi connectivity index (χ0n) is 6.37. The summed E-state index contributed by atoms with van der Waals surface area (Å²) in [6.45, 7) is -0.0258. The van der Waals surface area contributed by atoms with Crippen molar-refractivity contribution in [3.05, 3.63) is 0 Å². The van der Waals surface area contributed by atoms with Gasteiger partial charge < -0.3 is 30.9 Å². The van der Waals surface area contributed by atoms with Crippen molar-refractivity contribution in [2.75, 3.05) is 6.54 Å². The van der Waals surface area contributed by atoms with E-state index in [9.17, 15) is 5.11 Å². The van der Waals surface area contributed by atoms with E-state index in [2.05, 4.69) is 0 Å². The molecule has 0 aromatic rings. The van der Waals surface area contributed by atoms with Crippen LogP contribution in [0.3, 0.4) is 0 Å². The van der Waals surface area contributed by atoms with Gasteiger partial charge in [-0.1, -0.05) is 0 Å². The molecule has 72 valence electrons. The minimum atomic E-state index is -1.49. The summed E-state index contributed by atoms with van der Waals surface area (Å²) in [4.78, 5) is 0. The van der Waals surface area contributed by atoms with Gasteiger partial charge in [0, 0.05) is 6.54 Å². The third kappa shape index (κ3) is 1.58. The van der Waals surface area contributed by atoms with Crippen molar-refractivity contribution in [1.82, 2.24) is 0 Å². The number of rotatable bonds is 1. The van der Waals surface area contributed by atoms with Gasteiger partial charge in [-0.25, -0.2) is 0 Å². The van der Waals surface area contributed by atoms with Crippen molar-refractivity contribution in [2.45, 2.75) is 30.7 Å². The van der Waals surface area contributed by atoms with Gasteiger partial charge in [0.25, 0.3) is 0 Å². The Labute approximate surface area is 69.2 Å². The largest absolute Gasteiger partial charge is 0.388 e. The molecular weight excluding hydrogens is 166 g/mol. The molecule has 1 aliphatic rings. The molecule has 5 atom stereocenters. The third-order valence-corrected chi connectivity index (χ3v) is 1.92. The number of aliphatic hydroxyl groups is 4. The molecule has 12 heavy (non-hydrogen) atoms. The highest BCUT2D eigenvalue weighted by Crippen LogP contribution is 2.18. The standard InChI is InChI=1S/C6H13NO5/c7-1-2-3(8)4(9)5(10)6(11)12-2/h2-6,8-11H,1,7H2/t2-,3?,4+,5?,6+/m0/s1. The summed E-state index contributed by atoms with van der Waals surface area (Å²) in [5.41, 5.74) is 5.17. The van der Waals surface area contributed by atoms with E-state index in [4.69, 9.17) is 25.8 Å². The van der Waals surface area contributed by atoms with Crippen molar-refractivity contribution in [3.8, 4) is 0 Å². The summed E-state index contributed by atoms with van der Waals surface area (Å²) >= 11 is 0. The first-order valence-electron chi connectivity index (χ1n) is 3.65. The van der Waals surface area contributed by atoms with Crippen molar-refractivity contribution in [1.29, 1.82) is 0 Å². The predicted molar refractivity (Wildman–Crippen MR) is 38.0 cm³/mol. The monoisotopic (exact) mass is 179 g/mol. The molecule has 1 fully saturated rings. The van der Waals surface area contributed by atoms with Gasteiger partial charge in [-0.3, -0.25) is 0 Å². The second kappa shape index (κ2) is 3.65. The maximum atomic E-state index is 9.20. The highest BCUT2D eigenvalue weighted by Gasteiger charge is 2.42. The average molecular weight is 179 g/mol. The lowest BCUT2D eigenvalue weighted by Crippen LogP contribution is -2.59. The van der Waals surface area contributed by atoms with Crippen molar-refractivity contribution in [3.63, 3.8) is 0 Å². The summed E-state index contributed by atoms with van der Waals surface area (Å²) in [7, 11) is 0. The lowest BCUT2D eigenvalue weighted by atomic mass is 9.99. The van der Waals surface area contributed by atoms with Crippen LogP contribution < -0.4 is 5.73 Å². The first kappa shape index (κ1) is 9.85. The van der Waals surface area contributed by atoms with Crippen molar-refractivity contribution < 1.29 is 25.2 Å². The molecule has 0 spiro atoms. The third-order valence-electron chi connectivity index (χ3n) is 1.92. The lowest BCUT2D eigenvalue weighted by Gasteiger charge is -2.37. The Morgan fingerprint density at radius 2 is 1.58 bits per heavy atom. The normalized spacial score (nSPS) is 49.2. The van der Waals surface area contributed by atoms with Crippen LogP contribution in [0.15, 0.2) is 0 Å². The first-order valence-corrected chi connectivity index (χ1v) is 3.65.